The molecule has 0 unspecified atom stereocenters. The van der Waals surface area contributed by atoms with Crippen molar-refractivity contribution in [1.82, 2.24) is 0 Å². The highest BCUT2D eigenvalue weighted by Crippen LogP contribution is 2.21. The number of nitrogens with two attached hydrogens (primary N) is 1. The number of aromatic carboxylic acids is 1. The first-order chi connectivity index (χ1) is 8.91. The van der Waals surface area contributed by atoms with Gasteiger partial charge in [-0.2, -0.15) is 0 Å². The molecule has 0 aliphatic carbocycles. The number of aromatic amines is 1. The minimum atomic E-state index is -1.46. The fraction of sp³-hybridized carbons (Fsp3) is 0. The van der Waals surface area contributed by atoms with Crippen LogP contribution in [-0.2, 0) is 0 Å². The molecule has 1 heterocycles. The number of hydrogen-bond acceptors (Lipinski definition) is 6. The molecule has 0 saturated carbocycles. The highest BCUT2D eigenvalue weighted by atomic mass is 35.5. The van der Waals surface area contributed by atoms with E-state index >= 15 is 0 Å². The van der Waals surface area contributed by atoms with Crippen LogP contribution < -0.4 is 15.8 Å². The van der Waals surface area contributed by atoms with Crippen molar-refractivity contribution in [2.75, 3.05) is 5.73 Å². The zero-order valence-corrected chi connectivity index (χ0v) is 10.9. The van der Waals surface area contributed by atoms with Crippen LogP contribution >= 0.6 is 22.9 Å². The normalized spacial score (nSPS) is 9.32. The second kappa shape index (κ2) is 6.66. The molecule has 0 bridgehead atoms. The van der Waals surface area contributed by atoms with E-state index in [4.69, 9.17) is 17.3 Å². The molecule has 0 saturated heterocycles. The van der Waals surface area contributed by atoms with Gasteiger partial charge < -0.3 is 9.90 Å². The Bertz CT molecular complexity index is 588. The van der Waals surface area contributed by atoms with Gasteiger partial charge in [0.1, 0.15) is 0 Å². The smallest absolute Gasteiger partial charge is 0.329 e. The van der Waals surface area contributed by atoms with Crippen LogP contribution in [0.3, 0.4) is 0 Å². The molecule has 19 heavy (non-hydrogen) atoms. The lowest BCUT2D eigenvalue weighted by atomic mass is 10.2. The lowest BCUT2D eigenvalue weighted by molar-refractivity contribution is -0.384. The summed E-state index contributed by atoms with van der Waals surface area (Å²) in [7, 11) is 0. The molecule has 0 aliphatic heterocycles. The van der Waals surface area contributed by atoms with Crippen molar-refractivity contribution >= 4 is 39.7 Å². The van der Waals surface area contributed by atoms with Crippen LogP contribution in [0.4, 0.5) is 10.8 Å². The standard InChI is InChI=1S/C7H4ClNO4.C3H4N2S/c8-6-3-4(9(12)13)1-2-5(6)7(10)11;4-3-5-1-2-6-3/h1-3H,(H,10,11);1-2H,(H2,4,5). The SMILES string of the molecule is Nc1[nH+]ccs1.O=C([O-])c1ccc([N+](=O)[O-])cc1Cl. The number of hydrogen-bond donors (Lipinski definition) is 1. The average Bonchev–Trinajstić information content (AvgIpc) is 2.80. The molecule has 2 aromatic rings. The Kier molecular flexibility index (Phi) is 5.22. The van der Waals surface area contributed by atoms with Gasteiger partial charge in [-0.15, -0.1) is 0 Å². The van der Waals surface area contributed by atoms with E-state index < -0.39 is 10.9 Å². The van der Waals surface area contributed by atoms with Gasteiger partial charge in [-0.3, -0.25) is 15.8 Å². The summed E-state index contributed by atoms with van der Waals surface area (Å²) in [6, 6.07) is 3.06. The number of anilines is 1. The molecule has 0 atom stereocenters. The lowest BCUT2D eigenvalue weighted by Gasteiger charge is -2.03. The molecule has 2 rings (SSSR count). The number of non-ortho nitro benzene ring substituents is 1. The number of thiazole rings is 1. The second-order valence-corrected chi connectivity index (χ2v) is 4.49. The molecule has 1 aromatic heterocycles. The fourth-order valence-corrected chi connectivity index (χ4v) is 1.71. The summed E-state index contributed by atoms with van der Waals surface area (Å²) in [5, 5.41) is 23.0. The van der Waals surface area contributed by atoms with E-state index in [0.29, 0.717) is 0 Å². The Hall–Kier alpha value is -2.19. The van der Waals surface area contributed by atoms with Crippen molar-refractivity contribution in [1.29, 1.82) is 0 Å². The highest BCUT2D eigenvalue weighted by molar-refractivity contribution is 7.12. The summed E-state index contributed by atoms with van der Waals surface area (Å²) in [4.78, 5) is 22.7. The molecule has 0 amide bonds. The zero-order chi connectivity index (χ0) is 14.4. The first kappa shape index (κ1) is 14.9. The number of rotatable bonds is 2. The Labute approximate surface area is 116 Å². The van der Waals surface area contributed by atoms with Gasteiger partial charge in [-0.1, -0.05) is 22.9 Å². The Morgan fingerprint density at radius 1 is 1.47 bits per heavy atom. The third-order valence-electron chi connectivity index (χ3n) is 1.87. The van der Waals surface area contributed by atoms with Crippen LogP contribution in [0.15, 0.2) is 29.8 Å². The zero-order valence-electron chi connectivity index (χ0n) is 9.33. The van der Waals surface area contributed by atoms with Crippen molar-refractivity contribution in [2.24, 2.45) is 0 Å². The summed E-state index contributed by atoms with van der Waals surface area (Å²) in [6.45, 7) is 0. The quantitative estimate of drug-likeness (QED) is 0.647. The van der Waals surface area contributed by atoms with Crippen molar-refractivity contribution in [3.05, 3.63) is 50.5 Å². The highest BCUT2D eigenvalue weighted by Gasteiger charge is 2.09. The van der Waals surface area contributed by atoms with E-state index in [0.717, 1.165) is 23.3 Å². The van der Waals surface area contributed by atoms with Crippen LogP contribution in [0.2, 0.25) is 5.02 Å². The average molecular weight is 302 g/mol. The van der Waals surface area contributed by atoms with Gasteiger partial charge in [0.05, 0.1) is 22.1 Å². The molecule has 100 valence electrons. The first-order valence-electron chi connectivity index (χ1n) is 4.77. The third kappa shape index (κ3) is 4.53. The summed E-state index contributed by atoms with van der Waals surface area (Å²) < 4.78 is 0. The Balaban J connectivity index is 0.000000250. The van der Waals surface area contributed by atoms with Gasteiger partial charge in [0, 0.05) is 23.1 Å². The number of nitro groups is 1. The minimum Gasteiger partial charge on any atom is -0.545 e. The third-order valence-corrected chi connectivity index (χ3v) is 2.83. The number of carbonyl (C=O) groups excluding carboxylic acids is 1. The minimum absolute atomic E-state index is 0.200. The van der Waals surface area contributed by atoms with Gasteiger partial charge in [0.25, 0.3) is 5.69 Å². The van der Waals surface area contributed by atoms with Gasteiger partial charge in [0.15, 0.2) is 0 Å². The van der Waals surface area contributed by atoms with E-state index in [9.17, 15) is 20.0 Å². The summed E-state index contributed by atoms with van der Waals surface area (Å²) in [5.74, 6) is -1.46. The molecular weight excluding hydrogens is 294 g/mol. The predicted molar refractivity (Wildman–Crippen MR) is 67.7 cm³/mol. The lowest BCUT2D eigenvalue weighted by Crippen LogP contribution is -2.22. The van der Waals surface area contributed by atoms with Crippen LogP contribution in [0.5, 0.6) is 0 Å². The molecule has 0 radical (unpaired) electrons. The number of nitrogen functional groups attached to an aromatic ring is 1. The van der Waals surface area contributed by atoms with Crippen LogP contribution in [0.1, 0.15) is 10.4 Å². The van der Waals surface area contributed by atoms with Gasteiger partial charge in [-0.05, 0) is 6.07 Å². The number of carboxylic acid groups (broad SMARTS) is 1. The van der Waals surface area contributed by atoms with E-state index in [1.54, 1.807) is 6.20 Å². The van der Waals surface area contributed by atoms with Gasteiger partial charge in [-0.25, -0.2) is 4.98 Å². The van der Waals surface area contributed by atoms with Crippen LogP contribution in [0.25, 0.3) is 0 Å². The monoisotopic (exact) mass is 301 g/mol. The van der Waals surface area contributed by atoms with Crippen molar-refractivity contribution in [3.63, 3.8) is 0 Å². The molecule has 1 aromatic carbocycles. The number of nitro benzene ring substituents is 1. The Morgan fingerprint density at radius 2 is 2.16 bits per heavy atom. The van der Waals surface area contributed by atoms with Gasteiger partial charge in [0.2, 0.25) is 0 Å². The largest absolute Gasteiger partial charge is 0.545 e. The van der Waals surface area contributed by atoms with Crippen LogP contribution in [0, 0.1) is 10.1 Å². The number of benzene rings is 1. The summed E-state index contributed by atoms with van der Waals surface area (Å²) in [5.41, 5.74) is 4.73. The van der Waals surface area contributed by atoms with E-state index in [1.807, 2.05) is 5.38 Å². The van der Waals surface area contributed by atoms with E-state index in [1.165, 1.54) is 11.3 Å². The summed E-state index contributed by atoms with van der Waals surface area (Å²) >= 11 is 6.94. The molecule has 0 fully saturated rings. The predicted octanol–water partition coefficient (Wildman–Crippen LogP) is 0.756. The van der Waals surface area contributed by atoms with E-state index in [-0.39, 0.29) is 16.3 Å². The number of nitrogens with one attached hydrogen (secondary N) is 1. The summed E-state index contributed by atoms with van der Waals surface area (Å²) in [6.07, 6.45) is 1.81. The van der Waals surface area contributed by atoms with Gasteiger partial charge >= 0.3 is 5.13 Å². The molecule has 9 heteroatoms. The van der Waals surface area contributed by atoms with Crippen LogP contribution in [-0.4, -0.2) is 10.9 Å². The second-order valence-electron chi connectivity index (χ2n) is 3.14. The molecule has 0 spiro atoms. The van der Waals surface area contributed by atoms with Crippen molar-refractivity contribution in [2.45, 2.75) is 0 Å². The molecule has 3 N–H and O–H groups in total. The Morgan fingerprint density at radius 3 is 2.47 bits per heavy atom. The fourth-order valence-electron chi connectivity index (χ4n) is 1.04. The van der Waals surface area contributed by atoms with Crippen molar-refractivity contribution < 1.29 is 19.8 Å². The molecule has 0 aliphatic rings. The first-order valence-corrected chi connectivity index (χ1v) is 6.03. The van der Waals surface area contributed by atoms with Crippen molar-refractivity contribution in [3.8, 4) is 0 Å². The number of H-pyrrole nitrogens is 1. The topological polar surface area (TPSA) is 123 Å². The molecular formula is C10H8ClN3O4S. The van der Waals surface area contributed by atoms with E-state index in [2.05, 4.69) is 4.98 Å². The number of nitrogens with zero attached hydrogens (tertiary/aromatic N) is 1. The maximum atomic E-state index is 10.3. The number of aromatic nitrogens is 1. The number of halogens is 1. The maximum Gasteiger partial charge on any atom is 0.329 e. The molecule has 7 nitrogen and oxygen atoms in total. The number of carbonyl (C=O) groups is 1. The number of carboxylic acids is 1. The maximum absolute atomic E-state index is 10.3.